The molecule has 2 bridgehead atoms. The van der Waals surface area contributed by atoms with Crippen molar-refractivity contribution in [2.24, 2.45) is 17.8 Å². The van der Waals surface area contributed by atoms with Gasteiger partial charge >= 0.3 is 0 Å². The number of carbonyl (C=O) groups is 1. The van der Waals surface area contributed by atoms with Crippen LogP contribution in [-0.2, 0) is 32.5 Å². The maximum absolute atomic E-state index is 14.1. The van der Waals surface area contributed by atoms with Crippen molar-refractivity contribution >= 4 is 33.2 Å². The second-order valence-electron chi connectivity index (χ2n) is 17.1. The molecular weight excluding hydrogens is 736 g/mol. The highest BCUT2D eigenvalue weighted by Gasteiger charge is 2.50. The van der Waals surface area contributed by atoms with Crippen LogP contribution in [0.3, 0.4) is 0 Å². The third kappa shape index (κ3) is 9.33. The molecule has 0 spiro atoms. The van der Waals surface area contributed by atoms with Gasteiger partial charge in [0.1, 0.15) is 12.4 Å². The van der Waals surface area contributed by atoms with Crippen LogP contribution in [0.4, 0.5) is 5.69 Å². The lowest BCUT2D eigenvalue weighted by Gasteiger charge is -2.54. The van der Waals surface area contributed by atoms with Gasteiger partial charge in [-0.05, 0) is 130 Å². The van der Waals surface area contributed by atoms with Crippen LogP contribution >= 0.6 is 11.6 Å². The zero-order valence-electron chi connectivity index (χ0n) is 33.3. The molecule has 2 aromatic rings. The molecule has 6 atom stereocenters. The lowest BCUT2D eigenvalue weighted by atomic mass is 9.62. The Labute approximate surface area is 334 Å². The second-order valence-corrected chi connectivity index (χ2v) is 19.4. The van der Waals surface area contributed by atoms with Crippen LogP contribution in [0, 0.1) is 17.8 Å². The third-order valence-electron chi connectivity index (χ3n) is 13.7. The number of ether oxygens (including phenoxy) is 3. The van der Waals surface area contributed by atoms with E-state index in [0.717, 1.165) is 107 Å². The number of piperazine rings is 1. The summed E-state index contributed by atoms with van der Waals surface area (Å²) in [6.07, 6.45) is 11.7. The molecule has 0 unspecified atom stereocenters. The minimum Gasteiger partial charge on any atom is -0.487 e. The molecule has 304 valence electrons. The fraction of sp³-hybridized carbons (Fsp3) is 0.698. The molecule has 3 fully saturated rings. The van der Waals surface area contributed by atoms with E-state index >= 15 is 0 Å². The Hall–Kier alpha value is -2.41. The Morgan fingerprint density at radius 2 is 1.78 bits per heavy atom. The topological polar surface area (TPSA) is 101 Å². The number of benzene rings is 2. The van der Waals surface area contributed by atoms with Crippen LogP contribution in [0.1, 0.15) is 99.0 Å². The van der Waals surface area contributed by atoms with Crippen molar-refractivity contribution in [3.63, 3.8) is 0 Å². The average molecular weight is 800 g/mol. The zero-order valence-corrected chi connectivity index (χ0v) is 34.8. The molecule has 1 aliphatic carbocycles. The van der Waals surface area contributed by atoms with Gasteiger partial charge in [-0.25, -0.2) is 13.1 Å². The quantitative estimate of drug-likeness (QED) is 0.334. The number of nitrogens with zero attached hydrogens (tertiary/aromatic N) is 3. The van der Waals surface area contributed by atoms with Gasteiger partial charge < -0.3 is 19.1 Å². The minimum atomic E-state index is -4.03. The van der Waals surface area contributed by atoms with E-state index in [2.05, 4.69) is 25.5 Å². The average Bonchev–Trinajstić information content (AvgIpc) is 3.19. The number of anilines is 1. The number of hydrogen-bond acceptors (Lipinski definition) is 9. The highest BCUT2D eigenvalue weighted by molar-refractivity contribution is 7.90. The number of halogens is 1. The van der Waals surface area contributed by atoms with Crippen molar-refractivity contribution in [2.45, 2.75) is 107 Å². The molecule has 55 heavy (non-hydrogen) atoms. The van der Waals surface area contributed by atoms with Gasteiger partial charge in [0.25, 0.3) is 5.91 Å². The maximum Gasteiger partial charge on any atom is 0.264 e. The Kier molecular flexibility index (Phi) is 13.4. The lowest BCUT2D eigenvalue weighted by molar-refractivity contribution is -0.136. The maximum atomic E-state index is 14.1. The van der Waals surface area contributed by atoms with Crippen LogP contribution in [0.5, 0.6) is 5.75 Å². The minimum absolute atomic E-state index is 0.181. The number of sulfonamides is 1. The standard InChI is InChI=1S/C43H63ClN4O6S/c1-31-9-8-19-43(53-3,30-46-22-23-47-20-7-5-11-37(47)28-46)38-16-13-34(38)27-48-21-6-4-10-32-25-36(44)15-12-35(32)29-54-40-17-14-33(26-39(40)48)42(49)45-55(50,51)41(31)18-24-52-2/h12,14-15,17,25-26,31,34,37-38,41H,4-11,13,16,18-24,27-30H2,1-3H3,(H,45,49)/t31-,34-,37+,38+,41+,43-/m0/s1. The number of nitrogens with one attached hydrogen (secondary N) is 1. The Morgan fingerprint density at radius 1 is 0.927 bits per heavy atom. The van der Waals surface area contributed by atoms with Gasteiger partial charge in [0.15, 0.2) is 0 Å². The molecule has 1 amide bonds. The molecule has 7 rings (SSSR count). The molecule has 2 aromatic carbocycles. The highest BCUT2D eigenvalue weighted by Crippen LogP contribution is 2.48. The predicted octanol–water partition coefficient (Wildman–Crippen LogP) is 6.93. The summed E-state index contributed by atoms with van der Waals surface area (Å²) in [5.41, 5.74) is 3.09. The molecule has 4 aliphatic heterocycles. The fourth-order valence-electron chi connectivity index (χ4n) is 10.4. The summed E-state index contributed by atoms with van der Waals surface area (Å²) >= 11 is 6.43. The summed E-state index contributed by atoms with van der Waals surface area (Å²) in [4.78, 5) is 21.7. The Morgan fingerprint density at radius 3 is 2.58 bits per heavy atom. The van der Waals surface area contributed by atoms with Crippen LogP contribution in [0.15, 0.2) is 36.4 Å². The molecule has 5 aliphatic rings. The van der Waals surface area contributed by atoms with Gasteiger partial charge in [-0.15, -0.1) is 0 Å². The number of rotatable bonds is 6. The number of methoxy groups -OCH3 is 2. The summed E-state index contributed by atoms with van der Waals surface area (Å²) in [7, 11) is -0.518. The van der Waals surface area contributed by atoms with Crippen LogP contribution in [-0.4, -0.2) is 108 Å². The van der Waals surface area contributed by atoms with Crippen LogP contribution in [0.2, 0.25) is 5.02 Å². The number of piperidine rings is 1. The van der Waals surface area contributed by atoms with Gasteiger partial charge in [-0.2, -0.15) is 0 Å². The van der Waals surface area contributed by atoms with Crippen molar-refractivity contribution in [3.8, 4) is 5.75 Å². The van der Waals surface area contributed by atoms with Crippen LogP contribution in [0.25, 0.3) is 0 Å². The van der Waals surface area contributed by atoms with Crippen molar-refractivity contribution in [3.05, 3.63) is 58.1 Å². The number of amides is 1. The molecule has 10 nitrogen and oxygen atoms in total. The van der Waals surface area contributed by atoms with Crippen molar-refractivity contribution in [1.82, 2.24) is 14.5 Å². The number of fused-ring (bicyclic) bond motifs is 4. The first kappa shape index (κ1) is 40.8. The second kappa shape index (κ2) is 18.0. The monoisotopic (exact) mass is 798 g/mol. The molecular formula is C43H63ClN4O6S. The Bertz CT molecular complexity index is 1750. The van der Waals surface area contributed by atoms with Crippen molar-refractivity contribution in [1.29, 1.82) is 0 Å². The van der Waals surface area contributed by atoms with E-state index in [9.17, 15) is 13.2 Å². The van der Waals surface area contributed by atoms with E-state index in [1.165, 1.54) is 31.4 Å². The molecule has 2 saturated heterocycles. The van der Waals surface area contributed by atoms with Crippen LogP contribution < -0.4 is 14.4 Å². The summed E-state index contributed by atoms with van der Waals surface area (Å²) < 4.78 is 49.5. The van der Waals surface area contributed by atoms with E-state index in [-0.39, 0.29) is 11.5 Å². The van der Waals surface area contributed by atoms with E-state index in [1.807, 2.05) is 38.3 Å². The van der Waals surface area contributed by atoms with Gasteiger partial charge in [-0.1, -0.05) is 37.4 Å². The summed E-state index contributed by atoms with van der Waals surface area (Å²) in [6.45, 7) is 9.66. The number of hydrogen-bond donors (Lipinski definition) is 1. The zero-order chi connectivity index (χ0) is 38.6. The normalized spacial score (nSPS) is 31.0. The van der Waals surface area contributed by atoms with E-state index in [0.29, 0.717) is 48.8 Å². The highest BCUT2D eigenvalue weighted by atomic mass is 35.5. The molecule has 12 heteroatoms. The SMILES string of the molecule is COCC[C@@H]1[C@@H](C)CCC[C@@](CN2CCN3CCCC[C@@H]3C2)(OC)[C@@H]2CC[C@H]2CN2CCCCc3cc(Cl)ccc3COc3ccc(cc32)C(=O)NS1(=O)=O. The first-order valence-corrected chi connectivity index (χ1v) is 22.9. The first-order valence-electron chi connectivity index (χ1n) is 20.9. The molecule has 1 N–H and O–H groups in total. The smallest absolute Gasteiger partial charge is 0.264 e. The van der Waals surface area contributed by atoms with E-state index in [4.69, 9.17) is 25.8 Å². The molecule has 4 heterocycles. The van der Waals surface area contributed by atoms with E-state index in [1.54, 1.807) is 13.2 Å². The van der Waals surface area contributed by atoms with E-state index < -0.39 is 21.2 Å². The van der Waals surface area contributed by atoms with Gasteiger partial charge in [0.05, 0.1) is 16.5 Å². The van der Waals surface area contributed by atoms with Crippen molar-refractivity contribution in [2.75, 3.05) is 71.5 Å². The molecule has 0 radical (unpaired) electrons. The number of carbonyl (C=O) groups excluding carboxylic acids is 1. The number of aryl methyl sites for hydroxylation is 1. The molecule has 0 aromatic heterocycles. The van der Waals surface area contributed by atoms with Crippen molar-refractivity contribution < 1.29 is 27.4 Å². The summed E-state index contributed by atoms with van der Waals surface area (Å²) in [5, 5.41) is -0.0480. The summed E-state index contributed by atoms with van der Waals surface area (Å²) in [5.74, 6) is 0.659. The predicted molar refractivity (Wildman–Crippen MR) is 219 cm³/mol. The third-order valence-corrected chi connectivity index (χ3v) is 15.9. The van der Waals surface area contributed by atoms with Gasteiger partial charge in [-0.3, -0.25) is 14.6 Å². The van der Waals surface area contributed by atoms with Gasteiger partial charge in [0, 0.05) is 76.7 Å². The fourth-order valence-corrected chi connectivity index (χ4v) is 12.3. The Balaban J connectivity index is 1.25. The summed E-state index contributed by atoms with van der Waals surface area (Å²) in [6, 6.07) is 12.0. The largest absolute Gasteiger partial charge is 0.487 e. The van der Waals surface area contributed by atoms with Gasteiger partial charge in [0.2, 0.25) is 10.0 Å². The lowest BCUT2D eigenvalue weighted by Crippen LogP contribution is -2.61. The molecule has 1 saturated carbocycles. The first-order chi connectivity index (χ1) is 26.6.